The summed E-state index contributed by atoms with van der Waals surface area (Å²) in [6, 6.07) is 0. The molecule has 1 N–H and O–H groups in total. The third kappa shape index (κ3) is 6.62. The first-order valence-corrected chi connectivity index (χ1v) is 4.78. The molecule has 0 rings (SSSR count). The highest BCUT2D eigenvalue weighted by molar-refractivity contribution is 5.72. The Labute approximate surface area is 92.0 Å². The molecule has 0 spiro atoms. The lowest BCUT2D eigenvalue weighted by Gasteiger charge is -2.24. The van der Waals surface area contributed by atoms with Gasteiger partial charge in [-0.1, -0.05) is 6.92 Å². The van der Waals surface area contributed by atoms with Crippen molar-refractivity contribution < 1.29 is 27.8 Å². The maximum Gasteiger partial charge on any atom is 0.401 e. The molecule has 16 heavy (non-hydrogen) atoms. The van der Waals surface area contributed by atoms with Crippen LogP contribution in [0.4, 0.5) is 13.2 Å². The lowest BCUT2D eigenvalue weighted by atomic mass is 10.1. The van der Waals surface area contributed by atoms with Gasteiger partial charge in [0.15, 0.2) is 0 Å². The van der Waals surface area contributed by atoms with Crippen molar-refractivity contribution in [2.24, 2.45) is 5.92 Å². The molecule has 0 fully saturated rings. The molecule has 0 aliphatic carbocycles. The quantitative estimate of drug-likeness (QED) is 0.696. The number of ether oxygens (including phenoxy) is 1. The van der Waals surface area contributed by atoms with Crippen LogP contribution >= 0.6 is 0 Å². The molecular formula is C9H16F3NO3. The Kier molecular flexibility index (Phi) is 6.35. The topological polar surface area (TPSA) is 49.8 Å². The Bertz CT molecular complexity index is 221. The van der Waals surface area contributed by atoms with E-state index in [4.69, 9.17) is 5.11 Å². The number of carbonyl (C=O) groups excluding carboxylic acids is 1. The zero-order valence-corrected chi connectivity index (χ0v) is 9.25. The second-order valence-electron chi connectivity index (χ2n) is 3.50. The van der Waals surface area contributed by atoms with Gasteiger partial charge in [-0.05, 0) is 0 Å². The van der Waals surface area contributed by atoms with Crippen molar-refractivity contribution in [3.05, 3.63) is 0 Å². The highest BCUT2D eigenvalue weighted by Gasteiger charge is 2.31. The minimum absolute atomic E-state index is 0.0905. The van der Waals surface area contributed by atoms with Crippen LogP contribution in [0.15, 0.2) is 0 Å². The van der Waals surface area contributed by atoms with Gasteiger partial charge in [0.1, 0.15) is 0 Å². The molecule has 1 atom stereocenters. The SMILES string of the molecule is COC(=O)C(C)CN(CCO)CC(F)(F)F. The van der Waals surface area contributed by atoms with Crippen LogP contribution < -0.4 is 0 Å². The zero-order chi connectivity index (χ0) is 12.8. The van der Waals surface area contributed by atoms with E-state index in [1.54, 1.807) is 0 Å². The van der Waals surface area contributed by atoms with E-state index in [1.807, 2.05) is 0 Å². The fourth-order valence-electron chi connectivity index (χ4n) is 1.29. The lowest BCUT2D eigenvalue weighted by molar-refractivity contribution is -0.155. The number of nitrogens with zero attached hydrogens (tertiary/aromatic N) is 1. The first-order valence-electron chi connectivity index (χ1n) is 4.78. The number of halogens is 3. The van der Waals surface area contributed by atoms with Gasteiger partial charge in [0, 0.05) is 13.1 Å². The average Bonchev–Trinajstić information content (AvgIpc) is 2.14. The Morgan fingerprint density at radius 3 is 2.44 bits per heavy atom. The van der Waals surface area contributed by atoms with E-state index in [2.05, 4.69) is 4.74 Å². The number of alkyl halides is 3. The second-order valence-corrected chi connectivity index (χ2v) is 3.50. The van der Waals surface area contributed by atoms with E-state index in [0.717, 1.165) is 4.90 Å². The molecule has 4 nitrogen and oxygen atoms in total. The Morgan fingerprint density at radius 2 is 2.06 bits per heavy atom. The number of methoxy groups -OCH3 is 1. The number of rotatable bonds is 6. The molecule has 7 heteroatoms. The van der Waals surface area contributed by atoms with E-state index in [-0.39, 0.29) is 19.7 Å². The van der Waals surface area contributed by atoms with Gasteiger partial charge in [0.05, 0.1) is 26.2 Å². The van der Waals surface area contributed by atoms with E-state index in [0.29, 0.717) is 0 Å². The van der Waals surface area contributed by atoms with Crippen LogP contribution in [0.3, 0.4) is 0 Å². The van der Waals surface area contributed by atoms with Crippen LogP contribution in [0.2, 0.25) is 0 Å². The standard InChI is InChI=1S/C9H16F3NO3/c1-7(8(15)16-2)5-13(3-4-14)6-9(10,11)12/h7,14H,3-6H2,1-2H3. The van der Waals surface area contributed by atoms with Crippen molar-refractivity contribution >= 4 is 5.97 Å². The normalized spacial score (nSPS) is 13.9. The fraction of sp³-hybridized carbons (Fsp3) is 0.889. The summed E-state index contributed by atoms with van der Waals surface area (Å²) in [5, 5.41) is 8.62. The van der Waals surface area contributed by atoms with E-state index in [9.17, 15) is 18.0 Å². The summed E-state index contributed by atoms with van der Waals surface area (Å²) in [5.74, 6) is -1.22. The van der Waals surface area contributed by atoms with Gasteiger partial charge in [-0.25, -0.2) is 0 Å². The second kappa shape index (κ2) is 6.70. The number of hydrogen-bond donors (Lipinski definition) is 1. The van der Waals surface area contributed by atoms with Gasteiger partial charge < -0.3 is 9.84 Å². The van der Waals surface area contributed by atoms with Crippen LogP contribution in [-0.4, -0.2) is 55.5 Å². The minimum atomic E-state index is -4.34. The van der Waals surface area contributed by atoms with Crippen molar-refractivity contribution in [3.8, 4) is 0 Å². The maximum absolute atomic E-state index is 12.1. The number of hydrogen-bond acceptors (Lipinski definition) is 4. The lowest BCUT2D eigenvalue weighted by Crippen LogP contribution is -2.40. The Balaban J connectivity index is 4.27. The van der Waals surface area contributed by atoms with Crippen molar-refractivity contribution in [2.75, 3.05) is 33.4 Å². The molecular weight excluding hydrogens is 227 g/mol. The van der Waals surface area contributed by atoms with E-state index < -0.39 is 24.6 Å². The largest absolute Gasteiger partial charge is 0.469 e. The molecule has 0 aromatic carbocycles. The van der Waals surface area contributed by atoms with Crippen molar-refractivity contribution in [1.82, 2.24) is 4.90 Å². The van der Waals surface area contributed by atoms with Gasteiger partial charge in [0.2, 0.25) is 0 Å². The Morgan fingerprint density at radius 1 is 1.50 bits per heavy atom. The molecule has 0 aliphatic rings. The van der Waals surface area contributed by atoms with Crippen LogP contribution in [0.25, 0.3) is 0 Å². The number of aliphatic hydroxyl groups is 1. The predicted octanol–water partition coefficient (Wildman–Crippen LogP) is 0.652. The summed E-state index contributed by atoms with van der Waals surface area (Å²) in [5.41, 5.74) is 0. The first-order chi connectivity index (χ1) is 7.30. The molecule has 0 bridgehead atoms. The van der Waals surface area contributed by atoms with Gasteiger partial charge in [-0.3, -0.25) is 9.69 Å². The van der Waals surface area contributed by atoms with Crippen molar-refractivity contribution in [3.63, 3.8) is 0 Å². The van der Waals surface area contributed by atoms with E-state index >= 15 is 0 Å². The molecule has 0 aliphatic heterocycles. The molecule has 0 saturated heterocycles. The summed E-state index contributed by atoms with van der Waals surface area (Å²) in [6.07, 6.45) is -4.34. The third-order valence-electron chi connectivity index (χ3n) is 1.95. The maximum atomic E-state index is 12.1. The highest BCUT2D eigenvalue weighted by Crippen LogP contribution is 2.17. The van der Waals surface area contributed by atoms with Gasteiger partial charge in [-0.15, -0.1) is 0 Å². The molecule has 0 aromatic rings. The third-order valence-corrected chi connectivity index (χ3v) is 1.95. The van der Waals surface area contributed by atoms with Crippen LogP contribution in [-0.2, 0) is 9.53 Å². The zero-order valence-electron chi connectivity index (χ0n) is 9.25. The summed E-state index contributed by atoms with van der Waals surface area (Å²) >= 11 is 0. The van der Waals surface area contributed by atoms with Crippen LogP contribution in [0, 0.1) is 5.92 Å². The van der Waals surface area contributed by atoms with Crippen molar-refractivity contribution in [1.29, 1.82) is 0 Å². The van der Waals surface area contributed by atoms with Crippen molar-refractivity contribution in [2.45, 2.75) is 13.1 Å². The predicted molar refractivity (Wildman–Crippen MR) is 50.8 cm³/mol. The Hall–Kier alpha value is -0.820. The summed E-state index contributed by atoms with van der Waals surface area (Å²) in [7, 11) is 1.18. The number of esters is 1. The van der Waals surface area contributed by atoms with E-state index in [1.165, 1.54) is 14.0 Å². The molecule has 0 saturated carbocycles. The monoisotopic (exact) mass is 243 g/mol. The fourth-order valence-corrected chi connectivity index (χ4v) is 1.29. The average molecular weight is 243 g/mol. The highest BCUT2D eigenvalue weighted by atomic mass is 19.4. The number of aliphatic hydroxyl groups excluding tert-OH is 1. The van der Waals surface area contributed by atoms with Crippen LogP contribution in [0.5, 0.6) is 0 Å². The molecule has 0 heterocycles. The molecule has 0 aromatic heterocycles. The summed E-state index contributed by atoms with van der Waals surface area (Å²) in [4.78, 5) is 12.0. The van der Waals surface area contributed by atoms with Gasteiger partial charge in [0.25, 0.3) is 0 Å². The first kappa shape index (κ1) is 15.2. The number of carbonyl (C=O) groups is 1. The summed E-state index contributed by atoms with van der Waals surface area (Å²) in [6.45, 7) is -0.265. The van der Waals surface area contributed by atoms with Gasteiger partial charge in [-0.2, -0.15) is 13.2 Å². The van der Waals surface area contributed by atoms with Gasteiger partial charge >= 0.3 is 12.1 Å². The smallest absolute Gasteiger partial charge is 0.401 e. The minimum Gasteiger partial charge on any atom is -0.469 e. The summed E-state index contributed by atoms with van der Waals surface area (Å²) < 4.78 is 40.8. The molecule has 0 radical (unpaired) electrons. The molecule has 1 unspecified atom stereocenters. The molecule has 0 amide bonds. The molecule has 96 valence electrons. The van der Waals surface area contributed by atoms with Crippen LogP contribution in [0.1, 0.15) is 6.92 Å².